The highest BCUT2D eigenvalue weighted by atomic mass is 16.2. The fourth-order valence-corrected chi connectivity index (χ4v) is 2.92. The highest BCUT2D eigenvalue weighted by Gasteiger charge is 2.28. The van der Waals surface area contributed by atoms with Crippen LogP contribution in [0.2, 0.25) is 0 Å². The van der Waals surface area contributed by atoms with Crippen LogP contribution in [0.5, 0.6) is 0 Å². The van der Waals surface area contributed by atoms with E-state index in [0.717, 1.165) is 29.4 Å². The maximum Gasteiger partial charge on any atom is 0.253 e. The molecule has 0 radical (unpaired) electrons. The molecule has 3 aromatic rings. The van der Waals surface area contributed by atoms with E-state index in [2.05, 4.69) is 15.3 Å². The van der Waals surface area contributed by atoms with E-state index in [0.29, 0.717) is 6.54 Å². The number of likely N-dealkylation sites (tertiary alicyclic amines) is 1. The summed E-state index contributed by atoms with van der Waals surface area (Å²) >= 11 is 0. The number of hydrogen-bond donors (Lipinski definition) is 1. The fourth-order valence-electron chi connectivity index (χ4n) is 2.92. The average Bonchev–Trinajstić information content (AvgIpc) is 3.24. The van der Waals surface area contributed by atoms with E-state index in [9.17, 15) is 4.79 Å². The standard InChI is InChI=1S/C15H15N5O/c21-15(12-1-2-14-11(9-12)3-5-16-14)19-7-4-13(10-19)20-8-6-17-18-20/h1-3,5-6,8-9,13,16H,4,7,10H2/t13-/m1/s1. The lowest BCUT2D eigenvalue weighted by molar-refractivity contribution is 0.0787. The molecule has 1 fully saturated rings. The molecule has 106 valence electrons. The van der Waals surface area contributed by atoms with E-state index in [1.54, 1.807) is 6.20 Å². The SMILES string of the molecule is O=C(c1ccc2[nH]ccc2c1)N1CC[C@@H](n2ccnn2)C1. The van der Waals surface area contributed by atoms with Crippen LogP contribution in [0.4, 0.5) is 0 Å². The van der Waals surface area contributed by atoms with Gasteiger partial charge in [-0.3, -0.25) is 4.79 Å². The summed E-state index contributed by atoms with van der Waals surface area (Å²) in [7, 11) is 0. The summed E-state index contributed by atoms with van der Waals surface area (Å²) < 4.78 is 1.84. The Balaban J connectivity index is 1.55. The van der Waals surface area contributed by atoms with Crippen LogP contribution in [-0.2, 0) is 0 Å². The fraction of sp³-hybridized carbons (Fsp3) is 0.267. The van der Waals surface area contributed by atoms with E-state index >= 15 is 0 Å². The second-order valence-corrected chi connectivity index (χ2v) is 5.36. The summed E-state index contributed by atoms with van der Waals surface area (Å²) in [5.41, 5.74) is 1.79. The van der Waals surface area contributed by atoms with Crippen LogP contribution in [0.25, 0.3) is 10.9 Å². The predicted octanol–water partition coefficient (Wildman–Crippen LogP) is 1.85. The van der Waals surface area contributed by atoms with Crippen molar-refractivity contribution < 1.29 is 4.79 Å². The van der Waals surface area contributed by atoms with E-state index in [-0.39, 0.29) is 11.9 Å². The maximum absolute atomic E-state index is 12.6. The van der Waals surface area contributed by atoms with E-state index in [4.69, 9.17) is 0 Å². The van der Waals surface area contributed by atoms with Crippen molar-refractivity contribution >= 4 is 16.8 Å². The Labute approximate surface area is 121 Å². The monoisotopic (exact) mass is 281 g/mol. The number of aromatic amines is 1. The van der Waals surface area contributed by atoms with Gasteiger partial charge in [-0.2, -0.15) is 0 Å². The van der Waals surface area contributed by atoms with Crippen molar-refractivity contribution in [3.05, 3.63) is 48.4 Å². The molecule has 1 aromatic carbocycles. The van der Waals surface area contributed by atoms with Gasteiger partial charge in [0.25, 0.3) is 5.91 Å². The number of amides is 1. The van der Waals surface area contributed by atoms with Crippen LogP contribution in [0.3, 0.4) is 0 Å². The molecular formula is C15H15N5O. The largest absolute Gasteiger partial charge is 0.361 e. The van der Waals surface area contributed by atoms with Gasteiger partial charge in [0.15, 0.2) is 0 Å². The lowest BCUT2D eigenvalue weighted by Crippen LogP contribution is -2.29. The molecule has 1 aliphatic rings. The van der Waals surface area contributed by atoms with Gasteiger partial charge in [-0.1, -0.05) is 5.21 Å². The first-order valence-electron chi connectivity index (χ1n) is 7.03. The molecule has 0 spiro atoms. The third-order valence-electron chi connectivity index (χ3n) is 4.07. The Morgan fingerprint density at radius 3 is 3.14 bits per heavy atom. The molecule has 1 amide bonds. The second kappa shape index (κ2) is 4.73. The Kier molecular flexibility index (Phi) is 2.73. The number of nitrogens with zero attached hydrogens (tertiary/aromatic N) is 4. The molecule has 6 nitrogen and oxygen atoms in total. The Morgan fingerprint density at radius 1 is 1.33 bits per heavy atom. The lowest BCUT2D eigenvalue weighted by Gasteiger charge is -2.16. The van der Waals surface area contributed by atoms with Gasteiger partial charge in [0.05, 0.1) is 12.2 Å². The van der Waals surface area contributed by atoms with Gasteiger partial charge in [-0.05, 0) is 30.7 Å². The predicted molar refractivity (Wildman–Crippen MR) is 77.9 cm³/mol. The maximum atomic E-state index is 12.6. The van der Waals surface area contributed by atoms with Gasteiger partial charge in [0, 0.05) is 41.9 Å². The van der Waals surface area contributed by atoms with Gasteiger partial charge < -0.3 is 9.88 Å². The number of nitrogens with one attached hydrogen (secondary N) is 1. The third-order valence-corrected chi connectivity index (χ3v) is 4.07. The molecular weight excluding hydrogens is 266 g/mol. The van der Waals surface area contributed by atoms with E-state index in [1.807, 2.05) is 46.2 Å². The molecule has 0 unspecified atom stereocenters. The molecule has 6 heteroatoms. The Hall–Kier alpha value is -2.63. The van der Waals surface area contributed by atoms with Gasteiger partial charge in [0.2, 0.25) is 0 Å². The summed E-state index contributed by atoms with van der Waals surface area (Å²) in [6.07, 6.45) is 6.33. The highest BCUT2D eigenvalue weighted by Crippen LogP contribution is 2.23. The minimum absolute atomic E-state index is 0.0840. The first kappa shape index (κ1) is 12.1. The first-order chi connectivity index (χ1) is 10.3. The number of carbonyl (C=O) groups is 1. The van der Waals surface area contributed by atoms with Crippen LogP contribution in [0, 0.1) is 0 Å². The van der Waals surface area contributed by atoms with Gasteiger partial charge in [-0.25, -0.2) is 4.68 Å². The normalized spacial score (nSPS) is 18.5. The Morgan fingerprint density at radius 2 is 2.29 bits per heavy atom. The first-order valence-corrected chi connectivity index (χ1v) is 7.03. The van der Waals surface area contributed by atoms with Crippen molar-refractivity contribution in [3.63, 3.8) is 0 Å². The van der Waals surface area contributed by atoms with Gasteiger partial charge in [-0.15, -0.1) is 5.10 Å². The second-order valence-electron chi connectivity index (χ2n) is 5.36. The van der Waals surface area contributed by atoms with Crippen molar-refractivity contribution in [1.29, 1.82) is 0 Å². The number of fused-ring (bicyclic) bond motifs is 1. The third kappa shape index (κ3) is 2.08. The van der Waals surface area contributed by atoms with Crippen molar-refractivity contribution in [2.45, 2.75) is 12.5 Å². The van der Waals surface area contributed by atoms with Crippen molar-refractivity contribution in [3.8, 4) is 0 Å². The number of benzene rings is 1. The Bertz CT molecular complexity index is 776. The average molecular weight is 281 g/mol. The molecule has 0 aliphatic carbocycles. The number of rotatable bonds is 2. The molecule has 3 heterocycles. The molecule has 21 heavy (non-hydrogen) atoms. The van der Waals surface area contributed by atoms with Crippen LogP contribution in [0.15, 0.2) is 42.9 Å². The van der Waals surface area contributed by atoms with Crippen LogP contribution in [0.1, 0.15) is 22.8 Å². The molecule has 1 N–H and O–H groups in total. The summed E-state index contributed by atoms with van der Waals surface area (Å²) in [5.74, 6) is 0.0840. The lowest BCUT2D eigenvalue weighted by atomic mass is 10.1. The minimum atomic E-state index is 0.0840. The molecule has 2 aromatic heterocycles. The number of aromatic nitrogens is 4. The van der Waals surface area contributed by atoms with E-state index < -0.39 is 0 Å². The number of hydrogen-bond acceptors (Lipinski definition) is 3. The topological polar surface area (TPSA) is 66.8 Å². The van der Waals surface area contributed by atoms with Crippen LogP contribution in [-0.4, -0.2) is 43.9 Å². The molecule has 4 rings (SSSR count). The van der Waals surface area contributed by atoms with Gasteiger partial charge >= 0.3 is 0 Å². The zero-order valence-corrected chi connectivity index (χ0v) is 11.4. The number of H-pyrrole nitrogens is 1. The zero-order valence-electron chi connectivity index (χ0n) is 11.4. The molecule has 1 saturated heterocycles. The van der Waals surface area contributed by atoms with Crippen molar-refractivity contribution in [2.75, 3.05) is 13.1 Å². The summed E-state index contributed by atoms with van der Waals surface area (Å²) in [5, 5.41) is 8.92. The summed E-state index contributed by atoms with van der Waals surface area (Å²) in [4.78, 5) is 17.6. The van der Waals surface area contributed by atoms with Crippen LogP contribution < -0.4 is 0 Å². The highest BCUT2D eigenvalue weighted by molar-refractivity contribution is 5.98. The van der Waals surface area contributed by atoms with Crippen LogP contribution >= 0.6 is 0 Å². The zero-order chi connectivity index (χ0) is 14.2. The molecule has 0 saturated carbocycles. The molecule has 1 aliphatic heterocycles. The van der Waals surface area contributed by atoms with Crippen molar-refractivity contribution in [1.82, 2.24) is 24.9 Å². The quantitative estimate of drug-likeness (QED) is 0.779. The number of carbonyl (C=O) groups excluding carboxylic acids is 1. The minimum Gasteiger partial charge on any atom is -0.361 e. The molecule has 1 atom stereocenters. The summed E-state index contributed by atoms with van der Waals surface area (Å²) in [6.45, 7) is 1.45. The van der Waals surface area contributed by atoms with E-state index in [1.165, 1.54) is 0 Å². The van der Waals surface area contributed by atoms with Crippen molar-refractivity contribution in [2.24, 2.45) is 0 Å². The summed E-state index contributed by atoms with van der Waals surface area (Å²) in [6, 6.07) is 7.98. The molecule has 0 bridgehead atoms. The van der Waals surface area contributed by atoms with Gasteiger partial charge in [0.1, 0.15) is 0 Å². The smallest absolute Gasteiger partial charge is 0.253 e.